The molecule has 172 valence electrons. The summed E-state index contributed by atoms with van der Waals surface area (Å²) in [5, 5.41) is 0. The van der Waals surface area contributed by atoms with Crippen LogP contribution in [0.2, 0.25) is 0 Å². The molecule has 30 heavy (non-hydrogen) atoms. The van der Waals surface area contributed by atoms with Gasteiger partial charge in [0.2, 0.25) is 0 Å². The summed E-state index contributed by atoms with van der Waals surface area (Å²) in [5.41, 5.74) is 2.62. The first-order valence-corrected chi connectivity index (χ1v) is 11.8. The van der Waals surface area contributed by atoms with Crippen molar-refractivity contribution >= 4 is 34.0 Å². The fourth-order valence-corrected chi connectivity index (χ4v) is 3.75. The standard InChI is InChI=1S/C26H42N2.2BrH/c1-3-5-7-9-11-13-19-27-21-15-25(16-22-27)26-17-23-28(24-18-26)20-14-12-10-8-6-4-2;;/h15-18,21-24H,3-14,19-20H2,1-2H3;2*1H. The molecule has 4 heteroatoms. The van der Waals surface area contributed by atoms with Gasteiger partial charge in [0.15, 0.2) is 0 Å². The molecule has 0 spiro atoms. The van der Waals surface area contributed by atoms with Crippen molar-refractivity contribution in [2.24, 2.45) is 0 Å². The van der Waals surface area contributed by atoms with E-state index in [0.29, 0.717) is 0 Å². The molecule has 0 atom stereocenters. The van der Waals surface area contributed by atoms with Crippen molar-refractivity contribution in [3.63, 3.8) is 0 Å². The highest BCUT2D eigenvalue weighted by Gasteiger charge is 2.07. The Kier molecular flexibility index (Phi) is 18.5. The van der Waals surface area contributed by atoms with Gasteiger partial charge in [0.25, 0.3) is 0 Å². The summed E-state index contributed by atoms with van der Waals surface area (Å²) < 4.78 is 0. The predicted molar refractivity (Wildman–Crippen MR) is 144 cm³/mol. The van der Waals surface area contributed by atoms with Gasteiger partial charge in [-0.1, -0.05) is 78.1 Å². The monoisotopic (exact) mass is 542 g/mol. The number of allylic oxidation sites excluding steroid dienone is 6. The van der Waals surface area contributed by atoms with Gasteiger partial charge in [-0.05, 0) is 48.3 Å². The molecule has 0 saturated carbocycles. The summed E-state index contributed by atoms with van der Waals surface area (Å²) in [6.45, 7) is 6.83. The van der Waals surface area contributed by atoms with Crippen molar-refractivity contribution in [2.45, 2.75) is 90.9 Å². The maximum absolute atomic E-state index is 2.32. The lowest BCUT2D eigenvalue weighted by molar-refractivity contribution is 0.462. The minimum absolute atomic E-state index is 0. The number of hydrogen-bond acceptors (Lipinski definition) is 2. The molecule has 2 aliphatic rings. The van der Waals surface area contributed by atoms with Gasteiger partial charge < -0.3 is 9.80 Å². The average molecular weight is 544 g/mol. The first kappa shape index (κ1) is 29.3. The van der Waals surface area contributed by atoms with Gasteiger partial charge >= 0.3 is 0 Å². The molecule has 0 unspecified atom stereocenters. The van der Waals surface area contributed by atoms with Crippen LogP contribution in [0, 0.1) is 0 Å². The quantitative estimate of drug-likeness (QED) is 0.202. The molecule has 0 aromatic carbocycles. The van der Waals surface area contributed by atoms with Gasteiger partial charge in [0.05, 0.1) is 0 Å². The van der Waals surface area contributed by atoms with Crippen LogP contribution in [0.4, 0.5) is 0 Å². The van der Waals surface area contributed by atoms with E-state index in [1.807, 2.05) is 0 Å². The lowest BCUT2D eigenvalue weighted by Gasteiger charge is -2.22. The third-order valence-corrected chi connectivity index (χ3v) is 5.66. The Morgan fingerprint density at radius 3 is 1.10 bits per heavy atom. The van der Waals surface area contributed by atoms with E-state index in [1.165, 1.54) is 88.2 Å². The second kappa shape index (κ2) is 19.0. The van der Waals surface area contributed by atoms with Crippen LogP contribution in [0.3, 0.4) is 0 Å². The molecule has 0 aromatic rings. The minimum atomic E-state index is 0. The van der Waals surface area contributed by atoms with Crippen molar-refractivity contribution in [1.82, 2.24) is 9.80 Å². The van der Waals surface area contributed by atoms with E-state index in [-0.39, 0.29) is 34.0 Å². The highest BCUT2D eigenvalue weighted by molar-refractivity contribution is 8.93. The summed E-state index contributed by atoms with van der Waals surface area (Å²) in [5.74, 6) is 0. The Morgan fingerprint density at radius 2 is 0.767 bits per heavy atom. The molecule has 0 saturated heterocycles. The number of hydrogen-bond donors (Lipinski definition) is 0. The summed E-state index contributed by atoms with van der Waals surface area (Å²) in [6.07, 6.45) is 34.2. The smallest absolute Gasteiger partial charge is 0.0219 e. The van der Waals surface area contributed by atoms with Gasteiger partial charge in [-0.2, -0.15) is 0 Å². The zero-order valence-corrected chi connectivity index (χ0v) is 22.7. The summed E-state index contributed by atoms with van der Waals surface area (Å²) in [4.78, 5) is 4.65. The van der Waals surface area contributed by atoms with Crippen LogP contribution >= 0.6 is 34.0 Å². The Labute approximate surface area is 207 Å². The van der Waals surface area contributed by atoms with E-state index in [1.54, 1.807) is 0 Å². The summed E-state index contributed by atoms with van der Waals surface area (Å²) in [6, 6.07) is 0. The number of unbranched alkanes of at least 4 members (excludes halogenated alkanes) is 10. The average Bonchev–Trinajstić information content (AvgIpc) is 2.74. The molecule has 2 rings (SSSR count). The van der Waals surface area contributed by atoms with E-state index >= 15 is 0 Å². The molecule has 2 nitrogen and oxygen atoms in total. The van der Waals surface area contributed by atoms with Gasteiger partial charge in [0, 0.05) is 37.9 Å². The molecule has 2 heterocycles. The van der Waals surface area contributed by atoms with Crippen molar-refractivity contribution in [2.75, 3.05) is 13.1 Å². The molecule has 0 N–H and O–H groups in total. The fourth-order valence-electron chi connectivity index (χ4n) is 3.75. The van der Waals surface area contributed by atoms with Crippen molar-refractivity contribution in [1.29, 1.82) is 0 Å². The normalized spacial score (nSPS) is 14.9. The van der Waals surface area contributed by atoms with Gasteiger partial charge in [0.1, 0.15) is 0 Å². The SMILES string of the molecule is Br.Br.CCCCCCCCN1C=CC(=C2C=CN(CCCCCCCC)C=C2)C=C1. The zero-order valence-electron chi connectivity index (χ0n) is 19.2. The highest BCUT2D eigenvalue weighted by atomic mass is 79.9. The van der Waals surface area contributed by atoms with E-state index in [9.17, 15) is 0 Å². The third kappa shape index (κ3) is 12.2. The largest absolute Gasteiger partial charge is 0.354 e. The van der Waals surface area contributed by atoms with E-state index < -0.39 is 0 Å². The Hall–Kier alpha value is -0.740. The molecule has 0 aliphatic carbocycles. The van der Waals surface area contributed by atoms with Gasteiger partial charge in [-0.15, -0.1) is 34.0 Å². The first-order valence-electron chi connectivity index (χ1n) is 11.8. The molecular formula is C26H44Br2N2. The van der Waals surface area contributed by atoms with Crippen LogP contribution in [0.1, 0.15) is 90.9 Å². The van der Waals surface area contributed by atoms with E-state index in [4.69, 9.17) is 0 Å². The zero-order chi connectivity index (χ0) is 19.9. The Morgan fingerprint density at radius 1 is 0.467 bits per heavy atom. The second-order valence-electron chi connectivity index (χ2n) is 8.18. The predicted octanol–water partition coefficient (Wildman–Crippen LogP) is 8.85. The Bertz CT molecular complexity index is 494. The highest BCUT2D eigenvalue weighted by Crippen LogP contribution is 2.20. The maximum Gasteiger partial charge on any atom is 0.0219 e. The number of nitrogens with zero attached hydrogens (tertiary/aromatic N) is 2. The maximum atomic E-state index is 2.32. The lowest BCUT2D eigenvalue weighted by Crippen LogP contribution is -2.15. The molecule has 2 aliphatic heterocycles. The molecule has 0 amide bonds. The lowest BCUT2D eigenvalue weighted by atomic mass is 10.0. The van der Waals surface area contributed by atoms with Crippen LogP contribution < -0.4 is 0 Å². The topological polar surface area (TPSA) is 6.48 Å². The first-order chi connectivity index (χ1) is 13.8. The molecule has 0 bridgehead atoms. The fraction of sp³-hybridized carbons (Fsp3) is 0.615. The van der Waals surface area contributed by atoms with Crippen LogP contribution in [0.5, 0.6) is 0 Å². The van der Waals surface area contributed by atoms with Crippen molar-refractivity contribution < 1.29 is 0 Å². The molecule has 0 radical (unpaired) electrons. The molecule has 0 fully saturated rings. The number of halogens is 2. The number of rotatable bonds is 14. The molecule has 0 aromatic heterocycles. The van der Waals surface area contributed by atoms with E-state index in [2.05, 4.69) is 72.8 Å². The second-order valence-corrected chi connectivity index (χ2v) is 8.18. The Balaban J connectivity index is 0.00000420. The van der Waals surface area contributed by atoms with Crippen molar-refractivity contribution in [3.8, 4) is 0 Å². The van der Waals surface area contributed by atoms with Crippen LogP contribution in [-0.4, -0.2) is 22.9 Å². The van der Waals surface area contributed by atoms with Crippen molar-refractivity contribution in [3.05, 3.63) is 60.3 Å². The minimum Gasteiger partial charge on any atom is -0.354 e. The van der Waals surface area contributed by atoms with Gasteiger partial charge in [-0.25, -0.2) is 0 Å². The summed E-state index contributed by atoms with van der Waals surface area (Å²) >= 11 is 0. The van der Waals surface area contributed by atoms with Gasteiger partial charge in [-0.3, -0.25) is 0 Å². The van der Waals surface area contributed by atoms with Crippen LogP contribution in [0.15, 0.2) is 60.3 Å². The molecular weight excluding hydrogens is 500 g/mol. The van der Waals surface area contributed by atoms with Crippen LogP contribution in [0.25, 0.3) is 0 Å². The third-order valence-electron chi connectivity index (χ3n) is 5.66. The van der Waals surface area contributed by atoms with Crippen LogP contribution in [-0.2, 0) is 0 Å². The van der Waals surface area contributed by atoms with E-state index in [0.717, 1.165) is 13.1 Å². The summed E-state index contributed by atoms with van der Waals surface area (Å²) in [7, 11) is 0.